The minimum absolute atomic E-state index is 0.0598. The monoisotopic (exact) mass is 430 g/mol. The Labute approximate surface area is 178 Å². The van der Waals surface area contributed by atoms with Gasteiger partial charge in [0, 0.05) is 35.6 Å². The first kappa shape index (κ1) is 21.1. The molecule has 0 N–H and O–H groups in total. The molecule has 1 saturated carbocycles. The molecule has 1 aliphatic heterocycles. The Hall–Kier alpha value is -2.12. The lowest BCUT2D eigenvalue weighted by Crippen LogP contribution is -2.31. The van der Waals surface area contributed by atoms with Crippen LogP contribution in [0.2, 0.25) is 0 Å². The first-order chi connectivity index (χ1) is 14.3. The van der Waals surface area contributed by atoms with E-state index in [0.717, 1.165) is 47.7 Å². The average Bonchev–Trinajstić information content (AvgIpc) is 3.43. The summed E-state index contributed by atoms with van der Waals surface area (Å²) in [4.78, 5) is 15.5. The summed E-state index contributed by atoms with van der Waals surface area (Å²) >= 11 is 0. The number of ether oxygens (including phenoxy) is 1. The molecule has 0 spiro atoms. The molecular weight excluding hydrogens is 400 g/mol. The van der Waals surface area contributed by atoms with Gasteiger partial charge >= 0.3 is 0 Å². The van der Waals surface area contributed by atoms with Gasteiger partial charge in [-0.15, -0.1) is 0 Å². The van der Waals surface area contributed by atoms with Gasteiger partial charge in [0.15, 0.2) is 15.6 Å². The standard InChI is InChI=1S/C23H30N2O4S/c1-16-12-22(17(2)25(16)20-10-11-30(27,28)15-20)23(26)14-24(19-6-7-19)13-18-4-8-21(29-3)9-5-18/h4-5,8-9,12,19-20H,6-7,10-11,13-15H2,1-3H3. The molecule has 0 radical (unpaired) electrons. The SMILES string of the molecule is COc1ccc(CN(CC(=O)c2cc(C)n(C3CCS(=O)(=O)C3)c2C)C2CC2)cc1. The predicted molar refractivity (Wildman–Crippen MR) is 117 cm³/mol. The van der Waals surface area contributed by atoms with E-state index < -0.39 is 9.84 Å². The minimum atomic E-state index is -2.97. The molecule has 4 rings (SSSR count). The van der Waals surface area contributed by atoms with Crippen molar-refractivity contribution in [1.29, 1.82) is 0 Å². The first-order valence-corrected chi connectivity index (χ1v) is 12.4. The van der Waals surface area contributed by atoms with Crippen molar-refractivity contribution < 1.29 is 17.9 Å². The highest BCUT2D eigenvalue weighted by Crippen LogP contribution is 2.31. The maximum absolute atomic E-state index is 13.2. The molecule has 1 aromatic carbocycles. The number of Topliss-reactive ketones (excluding diaryl/α,β-unsaturated/α-hetero) is 1. The van der Waals surface area contributed by atoms with Gasteiger partial charge in [-0.05, 0) is 56.9 Å². The minimum Gasteiger partial charge on any atom is -0.497 e. The van der Waals surface area contributed by atoms with Crippen molar-refractivity contribution >= 4 is 15.6 Å². The number of aryl methyl sites for hydroxylation is 1. The molecule has 1 atom stereocenters. The van der Waals surface area contributed by atoms with E-state index >= 15 is 0 Å². The van der Waals surface area contributed by atoms with Crippen LogP contribution in [-0.2, 0) is 16.4 Å². The normalized spacial score (nSPS) is 20.6. The molecule has 2 aliphatic rings. The number of methoxy groups -OCH3 is 1. The van der Waals surface area contributed by atoms with Crippen LogP contribution < -0.4 is 4.74 Å². The highest BCUT2D eigenvalue weighted by Gasteiger charge is 2.33. The Morgan fingerprint density at radius 2 is 1.87 bits per heavy atom. The van der Waals surface area contributed by atoms with Crippen molar-refractivity contribution in [2.24, 2.45) is 0 Å². The zero-order chi connectivity index (χ0) is 21.5. The van der Waals surface area contributed by atoms with Gasteiger partial charge in [-0.3, -0.25) is 9.69 Å². The molecule has 6 nitrogen and oxygen atoms in total. The predicted octanol–water partition coefficient (Wildman–Crippen LogP) is 3.32. The second kappa shape index (κ2) is 8.19. The van der Waals surface area contributed by atoms with Crippen molar-refractivity contribution in [3.63, 3.8) is 0 Å². The Morgan fingerprint density at radius 1 is 1.17 bits per heavy atom. The fraction of sp³-hybridized carbons (Fsp3) is 0.522. The average molecular weight is 431 g/mol. The highest BCUT2D eigenvalue weighted by molar-refractivity contribution is 7.91. The van der Waals surface area contributed by atoms with E-state index in [9.17, 15) is 13.2 Å². The fourth-order valence-electron chi connectivity index (χ4n) is 4.59. The number of aromatic nitrogens is 1. The maximum Gasteiger partial charge on any atom is 0.178 e. The van der Waals surface area contributed by atoms with E-state index in [0.29, 0.717) is 19.0 Å². The van der Waals surface area contributed by atoms with Crippen LogP contribution in [0, 0.1) is 13.8 Å². The highest BCUT2D eigenvalue weighted by atomic mass is 32.2. The van der Waals surface area contributed by atoms with E-state index in [-0.39, 0.29) is 23.3 Å². The largest absolute Gasteiger partial charge is 0.497 e. The molecule has 2 heterocycles. The summed E-state index contributed by atoms with van der Waals surface area (Å²) < 4.78 is 31.1. The topological polar surface area (TPSA) is 68.6 Å². The summed E-state index contributed by atoms with van der Waals surface area (Å²) in [6.45, 7) is 5.02. The number of rotatable bonds is 8. The molecular formula is C23H30N2O4S. The van der Waals surface area contributed by atoms with Crippen molar-refractivity contribution in [2.45, 2.75) is 51.7 Å². The van der Waals surface area contributed by atoms with Crippen molar-refractivity contribution in [3.8, 4) is 5.75 Å². The summed E-state index contributed by atoms with van der Waals surface area (Å²) in [5.41, 5.74) is 3.74. The van der Waals surface area contributed by atoms with Crippen molar-refractivity contribution in [2.75, 3.05) is 25.2 Å². The summed E-state index contributed by atoms with van der Waals surface area (Å²) in [6, 6.07) is 10.3. The van der Waals surface area contributed by atoms with Crippen molar-refractivity contribution in [1.82, 2.24) is 9.47 Å². The number of carbonyl (C=O) groups excluding carboxylic acids is 1. The number of benzene rings is 1. The zero-order valence-corrected chi connectivity index (χ0v) is 18.7. The van der Waals surface area contributed by atoms with Crippen LogP contribution in [-0.4, -0.2) is 54.9 Å². The second-order valence-corrected chi connectivity index (χ2v) is 10.8. The van der Waals surface area contributed by atoms with E-state index in [2.05, 4.69) is 9.47 Å². The van der Waals surface area contributed by atoms with Gasteiger partial charge < -0.3 is 9.30 Å². The third-order valence-corrected chi connectivity index (χ3v) is 8.06. The van der Waals surface area contributed by atoms with Gasteiger partial charge in [-0.25, -0.2) is 8.42 Å². The van der Waals surface area contributed by atoms with Gasteiger partial charge in [0.05, 0.1) is 25.2 Å². The summed E-state index contributed by atoms with van der Waals surface area (Å²) in [6.07, 6.45) is 2.88. The van der Waals surface area contributed by atoms with Gasteiger partial charge in [-0.1, -0.05) is 12.1 Å². The summed E-state index contributed by atoms with van der Waals surface area (Å²) in [5, 5.41) is 0. The first-order valence-electron chi connectivity index (χ1n) is 10.6. The molecule has 0 amide bonds. The third kappa shape index (κ3) is 4.47. The van der Waals surface area contributed by atoms with Gasteiger partial charge in [0.1, 0.15) is 5.75 Å². The van der Waals surface area contributed by atoms with Gasteiger partial charge in [-0.2, -0.15) is 0 Å². The lowest BCUT2D eigenvalue weighted by molar-refractivity contribution is 0.0918. The van der Waals surface area contributed by atoms with E-state index in [1.54, 1.807) is 7.11 Å². The van der Waals surface area contributed by atoms with Crippen LogP contribution in [0.5, 0.6) is 5.75 Å². The Morgan fingerprint density at radius 3 is 2.43 bits per heavy atom. The number of hydrogen-bond donors (Lipinski definition) is 0. The number of sulfone groups is 1. The molecule has 2 aromatic rings. The number of ketones is 1. The lowest BCUT2D eigenvalue weighted by atomic mass is 10.1. The van der Waals surface area contributed by atoms with Crippen LogP contribution in [0.3, 0.4) is 0 Å². The van der Waals surface area contributed by atoms with Crippen LogP contribution in [0.25, 0.3) is 0 Å². The smallest absolute Gasteiger partial charge is 0.178 e. The zero-order valence-electron chi connectivity index (χ0n) is 17.9. The Bertz CT molecular complexity index is 1040. The second-order valence-electron chi connectivity index (χ2n) is 8.62. The maximum atomic E-state index is 13.2. The third-order valence-electron chi connectivity index (χ3n) is 6.31. The number of hydrogen-bond acceptors (Lipinski definition) is 5. The molecule has 1 saturated heterocycles. The van der Waals surface area contributed by atoms with Crippen LogP contribution in [0.15, 0.2) is 30.3 Å². The molecule has 1 unspecified atom stereocenters. The van der Waals surface area contributed by atoms with E-state index in [1.807, 2.05) is 44.2 Å². The number of carbonyl (C=O) groups is 1. The fourth-order valence-corrected chi connectivity index (χ4v) is 6.29. The van der Waals surface area contributed by atoms with E-state index in [4.69, 9.17) is 4.74 Å². The van der Waals surface area contributed by atoms with Crippen molar-refractivity contribution in [3.05, 3.63) is 52.8 Å². The van der Waals surface area contributed by atoms with Crippen LogP contribution in [0.1, 0.15) is 52.6 Å². The Kier molecular flexibility index (Phi) is 5.77. The van der Waals surface area contributed by atoms with Crippen LogP contribution >= 0.6 is 0 Å². The summed E-state index contributed by atoms with van der Waals surface area (Å²) in [7, 11) is -1.32. The lowest BCUT2D eigenvalue weighted by Gasteiger charge is -2.22. The molecule has 7 heteroatoms. The number of nitrogens with zero attached hydrogens (tertiary/aromatic N) is 2. The molecule has 1 aliphatic carbocycles. The molecule has 1 aromatic heterocycles. The van der Waals surface area contributed by atoms with Gasteiger partial charge in [0.25, 0.3) is 0 Å². The van der Waals surface area contributed by atoms with Gasteiger partial charge in [0.2, 0.25) is 0 Å². The van der Waals surface area contributed by atoms with Crippen LogP contribution in [0.4, 0.5) is 0 Å². The molecule has 0 bridgehead atoms. The summed E-state index contributed by atoms with van der Waals surface area (Å²) in [5.74, 6) is 1.34. The molecule has 162 valence electrons. The quantitative estimate of drug-likeness (QED) is 0.601. The Balaban J connectivity index is 1.50. The van der Waals surface area contributed by atoms with E-state index in [1.165, 1.54) is 0 Å². The molecule has 2 fully saturated rings. The molecule has 30 heavy (non-hydrogen) atoms.